The number of benzene rings is 2. The predicted molar refractivity (Wildman–Crippen MR) is 113 cm³/mol. The van der Waals surface area contributed by atoms with E-state index in [9.17, 15) is 0 Å². The van der Waals surface area contributed by atoms with Gasteiger partial charge in [-0.1, -0.05) is 48.5 Å². The third-order valence-electron chi connectivity index (χ3n) is 3.78. The van der Waals surface area contributed by atoms with Crippen LogP contribution in [0.15, 0.2) is 59.0 Å². The third-order valence-corrected chi connectivity index (χ3v) is 5.04. The van der Waals surface area contributed by atoms with Gasteiger partial charge in [-0.25, -0.2) is 0 Å². The first kappa shape index (κ1) is 20.2. The van der Waals surface area contributed by atoms with Crippen LogP contribution >= 0.6 is 23.4 Å². The molecular weight excluding hydrogens is 396 g/mol. The van der Waals surface area contributed by atoms with Crippen molar-refractivity contribution in [2.75, 3.05) is 13.7 Å². The van der Waals surface area contributed by atoms with Gasteiger partial charge in [0.2, 0.25) is 5.16 Å². The minimum Gasteiger partial charge on any atom is -0.493 e. The fourth-order valence-corrected chi connectivity index (χ4v) is 3.35. The lowest BCUT2D eigenvalue weighted by atomic mass is 10.2. The Morgan fingerprint density at radius 2 is 2.04 bits per heavy atom. The zero-order chi connectivity index (χ0) is 19.8. The zero-order valence-electron chi connectivity index (χ0n) is 15.7. The van der Waals surface area contributed by atoms with Crippen molar-refractivity contribution in [1.82, 2.24) is 14.9 Å². The van der Waals surface area contributed by atoms with Crippen molar-refractivity contribution in [3.63, 3.8) is 0 Å². The maximum atomic E-state index is 5.93. The van der Waals surface area contributed by atoms with Crippen molar-refractivity contribution >= 4 is 29.6 Å². The standard InChI is InChI=1S/C20H21ClN4O2S/c1-3-11-27-19-16(5-4-6-18(19)26-2)12-23-25-14-22-24-20(25)28-13-15-7-9-17(21)10-8-15/h4-10,12,14H,3,11,13H2,1-2H3/b23-12-. The van der Waals surface area contributed by atoms with Gasteiger partial charge in [0.25, 0.3) is 0 Å². The number of nitrogens with zero attached hydrogens (tertiary/aromatic N) is 4. The highest BCUT2D eigenvalue weighted by molar-refractivity contribution is 7.98. The topological polar surface area (TPSA) is 61.5 Å². The van der Waals surface area contributed by atoms with E-state index < -0.39 is 0 Å². The van der Waals surface area contributed by atoms with Gasteiger partial charge in [-0.05, 0) is 36.2 Å². The molecule has 0 N–H and O–H groups in total. The molecule has 0 unspecified atom stereocenters. The Morgan fingerprint density at radius 3 is 2.79 bits per heavy atom. The minimum absolute atomic E-state index is 0.607. The summed E-state index contributed by atoms with van der Waals surface area (Å²) in [5, 5.41) is 14.0. The molecule has 0 saturated carbocycles. The summed E-state index contributed by atoms with van der Waals surface area (Å²) in [5.74, 6) is 2.10. The summed E-state index contributed by atoms with van der Waals surface area (Å²) < 4.78 is 12.9. The molecular formula is C20H21ClN4O2S. The van der Waals surface area contributed by atoms with Gasteiger partial charge in [0.1, 0.15) is 6.33 Å². The summed E-state index contributed by atoms with van der Waals surface area (Å²) >= 11 is 7.48. The van der Waals surface area contributed by atoms with Crippen LogP contribution in [0.2, 0.25) is 5.02 Å². The van der Waals surface area contributed by atoms with Crippen LogP contribution in [0.4, 0.5) is 0 Å². The van der Waals surface area contributed by atoms with E-state index in [1.165, 1.54) is 0 Å². The number of rotatable bonds is 9. The SMILES string of the molecule is CCCOc1c(/C=N\n2cnnc2SCc2ccc(Cl)cc2)cccc1OC. The summed E-state index contributed by atoms with van der Waals surface area (Å²) in [6.45, 7) is 2.67. The van der Waals surface area contributed by atoms with Gasteiger partial charge in [0.15, 0.2) is 11.5 Å². The molecule has 0 bridgehead atoms. The Bertz CT molecular complexity index is 928. The Kier molecular flexibility index (Phi) is 7.33. The molecule has 0 saturated heterocycles. The zero-order valence-corrected chi connectivity index (χ0v) is 17.3. The molecule has 6 nitrogen and oxygen atoms in total. The first-order valence-electron chi connectivity index (χ1n) is 8.82. The molecule has 0 spiro atoms. The number of thioether (sulfide) groups is 1. The number of aromatic nitrogens is 3. The third kappa shape index (κ3) is 5.27. The molecule has 8 heteroatoms. The van der Waals surface area contributed by atoms with Crippen LogP contribution in [0, 0.1) is 0 Å². The van der Waals surface area contributed by atoms with Crippen molar-refractivity contribution in [3.8, 4) is 11.5 Å². The van der Waals surface area contributed by atoms with Crippen molar-refractivity contribution in [1.29, 1.82) is 0 Å². The van der Waals surface area contributed by atoms with E-state index in [0.29, 0.717) is 23.3 Å². The number of ether oxygens (including phenoxy) is 2. The van der Waals surface area contributed by atoms with Crippen LogP contribution in [-0.4, -0.2) is 34.8 Å². The number of para-hydroxylation sites is 1. The Morgan fingerprint density at radius 1 is 1.21 bits per heavy atom. The van der Waals surface area contributed by atoms with Crippen molar-refractivity contribution in [3.05, 3.63) is 64.9 Å². The van der Waals surface area contributed by atoms with E-state index in [1.807, 2.05) is 42.5 Å². The highest BCUT2D eigenvalue weighted by Gasteiger charge is 2.10. The van der Waals surface area contributed by atoms with Gasteiger partial charge >= 0.3 is 0 Å². The van der Waals surface area contributed by atoms with Crippen molar-refractivity contribution in [2.45, 2.75) is 24.3 Å². The molecule has 2 aromatic carbocycles. The van der Waals surface area contributed by atoms with Crippen LogP contribution < -0.4 is 9.47 Å². The molecule has 146 valence electrons. The summed E-state index contributed by atoms with van der Waals surface area (Å²) in [6, 6.07) is 13.4. The molecule has 28 heavy (non-hydrogen) atoms. The molecule has 0 amide bonds. The second-order valence-corrected chi connectivity index (χ2v) is 7.22. The first-order chi connectivity index (χ1) is 13.7. The van der Waals surface area contributed by atoms with Crippen LogP contribution in [0.5, 0.6) is 11.5 Å². The summed E-state index contributed by atoms with van der Waals surface area (Å²) in [6.07, 6.45) is 4.21. The van der Waals surface area contributed by atoms with Gasteiger partial charge in [0, 0.05) is 16.3 Å². The first-order valence-corrected chi connectivity index (χ1v) is 10.2. The summed E-state index contributed by atoms with van der Waals surface area (Å²) in [4.78, 5) is 0. The highest BCUT2D eigenvalue weighted by atomic mass is 35.5. The fourth-order valence-electron chi connectivity index (χ4n) is 2.40. The van der Waals surface area contributed by atoms with E-state index in [1.54, 1.807) is 36.1 Å². The maximum Gasteiger partial charge on any atom is 0.212 e. The van der Waals surface area contributed by atoms with E-state index in [-0.39, 0.29) is 0 Å². The quantitative estimate of drug-likeness (QED) is 0.366. The molecule has 0 aliphatic rings. The molecule has 3 aromatic rings. The van der Waals surface area contributed by atoms with Gasteiger partial charge in [0.05, 0.1) is 19.9 Å². The molecule has 1 aromatic heterocycles. The van der Waals surface area contributed by atoms with Crippen LogP contribution in [0.1, 0.15) is 24.5 Å². The van der Waals surface area contributed by atoms with Crippen LogP contribution in [0.25, 0.3) is 0 Å². The van der Waals surface area contributed by atoms with E-state index in [2.05, 4.69) is 22.2 Å². The van der Waals surface area contributed by atoms with E-state index in [0.717, 1.165) is 28.3 Å². The smallest absolute Gasteiger partial charge is 0.212 e. The maximum absolute atomic E-state index is 5.93. The minimum atomic E-state index is 0.607. The highest BCUT2D eigenvalue weighted by Crippen LogP contribution is 2.30. The molecule has 0 atom stereocenters. The summed E-state index contributed by atoms with van der Waals surface area (Å²) in [7, 11) is 1.63. The fraction of sp³-hybridized carbons (Fsp3) is 0.250. The molecule has 1 heterocycles. The molecule has 0 aliphatic carbocycles. The predicted octanol–water partition coefficient (Wildman–Crippen LogP) is 4.90. The molecule has 3 rings (SSSR count). The van der Waals surface area contributed by atoms with Crippen LogP contribution in [-0.2, 0) is 5.75 Å². The number of halogens is 1. The van der Waals surface area contributed by atoms with Crippen molar-refractivity contribution < 1.29 is 9.47 Å². The lowest BCUT2D eigenvalue weighted by molar-refractivity contribution is 0.294. The van der Waals surface area contributed by atoms with Gasteiger partial charge in [-0.15, -0.1) is 10.2 Å². The molecule has 0 fully saturated rings. The average molecular weight is 417 g/mol. The Labute approximate surface area is 173 Å². The lowest BCUT2D eigenvalue weighted by Gasteiger charge is -2.12. The average Bonchev–Trinajstić information content (AvgIpc) is 3.17. The van der Waals surface area contributed by atoms with Crippen LogP contribution in [0.3, 0.4) is 0 Å². The summed E-state index contributed by atoms with van der Waals surface area (Å²) in [5.41, 5.74) is 1.98. The molecule has 0 aliphatic heterocycles. The van der Waals surface area contributed by atoms with E-state index >= 15 is 0 Å². The Balaban J connectivity index is 1.75. The van der Waals surface area contributed by atoms with Gasteiger partial charge < -0.3 is 9.47 Å². The Hall–Kier alpha value is -2.51. The largest absolute Gasteiger partial charge is 0.493 e. The second kappa shape index (κ2) is 10.1. The number of hydrogen-bond donors (Lipinski definition) is 0. The second-order valence-electron chi connectivity index (χ2n) is 5.84. The van der Waals surface area contributed by atoms with E-state index in [4.69, 9.17) is 21.1 Å². The number of hydrogen-bond acceptors (Lipinski definition) is 6. The van der Waals surface area contributed by atoms with Gasteiger partial charge in [-0.3, -0.25) is 0 Å². The monoisotopic (exact) mass is 416 g/mol. The van der Waals surface area contributed by atoms with Gasteiger partial charge in [-0.2, -0.15) is 9.78 Å². The van der Waals surface area contributed by atoms with Crippen molar-refractivity contribution in [2.24, 2.45) is 5.10 Å². The number of methoxy groups -OCH3 is 1. The molecule has 0 radical (unpaired) electrons. The normalized spacial score (nSPS) is 11.1. The lowest BCUT2D eigenvalue weighted by Crippen LogP contribution is -2.02.